The number of amides is 1. The van der Waals surface area contributed by atoms with Crippen LogP contribution in [0.1, 0.15) is 56.6 Å². The Morgan fingerprint density at radius 1 is 1.19 bits per heavy atom. The first-order valence-corrected chi connectivity index (χ1v) is 7.72. The number of carbonyl (C=O) groups is 1. The highest BCUT2D eigenvalue weighted by Crippen LogP contribution is 2.08. The molecule has 0 aliphatic carbocycles. The lowest BCUT2D eigenvalue weighted by Crippen LogP contribution is -2.22. The Morgan fingerprint density at radius 2 is 1.95 bits per heavy atom. The maximum absolute atomic E-state index is 11.8. The van der Waals surface area contributed by atoms with E-state index in [1.165, 1.54) is 19.3 Å². The summed E-state index contributed by atoms with van der Waals surface area (Å²) in [6, 6.07) is 7.68. The molecule has 0 radical (unpaired) electrons. The summed E-state index contributed by atoms with van der Waals surface area (Å²) < 4.78 is 0. The van der Waals surface area contributed by atoms with E-state index in [-0.39, 0.29) is 12.5 Å². The first-order valence-electron chi connectivity index (χ1n) is 7.72. The summed E-state index contributed by atoms with van der Waals surface area (Å²) >= 11 is 0. The molecule has 0 aromatic heterocycles. The molecule has 1 amide bonds. The monoisotopic (exact) mass is 287 g/mol. The lowest BCUT2D eigenvalue weighted by molar-refractivity contribution is -0.121. The molecule has 21 heavy (non-hydrogen) atoms. The van der Waals surface area contributed by atoms with E-state index in [4.69, 9.17) is 5.11 Å². The number of unbranched alkanes of at least 4 members (excludes halogenated alkanes) is 4. The first kappa shape index (κ1) is 17.3. The molecule has 0 unspecified atom stereocenters. The number of carbonyl (C=O) groups excluding carboxylic acids is 1. The van der Waals surface area contributed by atoms with Crippen molar-refractivity contribution < 1.29 is 9.90 Å². The molecule has 0 heterocycles. The van der Waals surface area contributed by atoms with Gasteiger partial charge in [-0.25, -0.2) is 0 Å². The van der Waals surface area contributed by atoms with Gasteiger partial charge in [0.05, 0.1) is 0 Å². The van der Waals surface area contributed by atoms with Crippen molar-refractivity contribution in [1.82, 2.24) is 5.32 Å². The zero-order valence-electron chi connectivity index (χ0n) is 12.8. The van der Waals surface area contributed by atoms with Gasteiger partial charge in [-0.1, -0.05) is 62.6 Å². The van der Waals surface area contributed by atoms with Crippen molar-refractivity contribution in [2.75, 3.05) is 6.61 Å². The molecule has 0 aliphatic rings. The lowest BCUT2D eigenvalue weighted by atomic mass is 10.1. The normalized spacial score (nSPS) is 9.81. The quantitative estimate of drug-likeness (QED) is 0.570. The van der Waals surface area contributed by atoms with Crippen molar-refractivity contribution >= 4 is 5.91 Å². The average Bonchev–Trinajstić information content (AvgIpc) is 2.51. The van der Waals surface area contributed by atoms with E-state index in [9.17, 15) is 4.79 Å². The molecule has 3 heteroatoms. The summed E-state index contributed by atoms with van der Waals surface area (Å²) in [5, 5.41) is 11.7. The van der Waals surface area contributed by atoms with Crippen LogP contribution in [0.3, 0.4) is 0 Å². The number of aliphatic hydroxyl groups is 1. The summed E-state index contributed by atoms with van der Waals surface area (Å²) in [5.74, 6) is 5.63. The summed E-state index contributed by atoms with van der Waals surface area (Å²) in [6.07, 6.45) is 6.35. The topological polar surface area (TPSA) is 49.3 Å². The van der Waals surface area contributed by atoms with Crippen LogP contribution in [0.4, 0.5) is 0 Å². The molecular formula is C18H25NO2. The second-order valence-corrected chi connectivity index (χ2v) is 5.06. The molecule has 0 spiro atoms. The summed E-state index contributed by atoms with van der Waals surface area (Å²) in [4.78, 5) is 11.8. The molecule has 2 N–H and O–H groups in total. The Kier molecular flexibility index (Phi) is 8.99. The largest absolute Gasteiger partial charge is 0.384 e. The van der Waals surface area contributed by atoms with E-state index in [2.05, 4.69) is 24.1 Å². The molecule has 0 atom stereocenters. The van der Waals surface area contributed by atoms with Crippen molar-refractivity contribution in [2.24, 2.45) is 0 Å². The zero-order chi connectivity index (χ0) is 15.3. The van der Waals surface area contributed by atoms with Gasteiger partial charge in [-0.3, -0.25) is 4.79 Å². The second-order valence-electron chi connectivity index (χ2n) is 5.06. The number of rotatable bonds is 8. The molecule has 0 fully saturated rings. The van der Waals surface area contributed by atoms with Crippen LogP contribution in [0.5, 0.6) is 0 Å². The minimum atomic E-state index is -0.154. The third-order valence-electron chi connectivity index (χ3n) is 3.30. The maximum atomic E-state index is 11.8. The lowest BCUT2D eigenvalue weighted by Gasteiger charge is -2.07. The van der Waals surface area contributed by atoms with Crippen molar-refractivity contribution in [1.29, 1.82) is 0 Å². The summed E-state index contributed by atoms with van der Waals surface area (Å²) in [6.45, 7) is 2.52. The van der Waals surface area contributed by atoms with Gasteiger partial charge < -0.3 is 10.4 Å². The maximum Gasteiger partial charge on any atom is 0.220 e. The van der Waals surface area contributed by atoms with E-state index in [1.54, 1.807) is 0 Å². The van der Waals surface area contributed by atoms with Crippen LogP contribution in [0.25, 0.3) is 0 Å². The fourth-order valence-electron chi connectivity index (χ4n) is 2.10. The molecule has 114 valence electrons. The van der Waals surface area contributed by atoms with E-state index in [0.717, 1.165) is 24.0 Å². The Hall–Kier alpha value is -1.79. The Morgan fingerprint density at radius 3 is 2.71 bits per heavy atom. The van der Waals surface area contributed by atoms with Crippen LogP contribution in [0.2, 0.25) is 0 Å². The predicted octanol–water partition coefficient (Wildman–Crippen LogP) is 3.01. The van der Waals surface area contributed by atoms with Gasteiger partial charge in [-0.05, 0) is 18.1 Å². The van der Waals surface area contributed by atoms with Crippen molar-refractivity contribution in [2.45, 2.75) is 52.0 Å². The molecule has 0 bridgehead atoms. The van der Waals surface area contributed by atoms with Crippen LogP contribution < -0.4 is 5.32 Å². The Balaban J connectivity index is 2.36. The van der Waals surface area contributed by atoms with E-state index in [0.29, 0.717) is 13.0 Å². The van der Waals surface area contributed by atoms with Crippen LogP contribution in [0.15, 0.2) is 24.3 Å². The molecule has 0 saturated heterocycles. The highest BCUT2D eigenvalue weighted by atomic mass is 16.2. The molecule has 0 aliphatic heterocycles. The van der Waals surface area contributed by atoms with Crippen LogP contribution in [0, 0.1) is 11.8 Å². The predicted molar refractivity (Wildman–Crippen MR) is 85.6 cm³/mol. The Bertz CT molecular complexity index is 485. The van der Waals surface area contributed by atoms with Gasteiger partial charge in [0, 0.05) is 18.5 Å². The number of benzene rings is 1. The summed E-state index contributed by atoms with van der Waals surface area (Å²) in [5.41, 5.74) is 1.84. The fraction of sp³-hybridized carbons (Fsp3) is 0.500. The SMILES string of the molecule is CCCCCCCC(=O)NCc1ccccc1C#CCO. The zero-order valence-corrected chi connectivity index (χ0v) is 12.8. The first-order chi connectivity index (χ1) is 10.3. The number of hydrogen-bond donors (Lipinski definition) is 2. The number of hydrogen-bond acceptors (Lipinski definition) is 2. The molecule has 1 rings (SSSR count). The van der Waals surface area contributed by atoms with E-state index < -0.39 is 0 Å². The fourth-order valence-corrected chi connectivity index (χ4v) is 2.10. The van der Waals surface area contributed by atoms with Crippen LogP contribution in [-0.2, 0) is 11.3 Å². The minimum Gasteiger partial charge on any atom is -0.384 e. The third kappa shape index (κ3) is 7.53. The van der Waals surface area contributed by atoms with Crippen molar-refractivity contribution in [3.05, 3.63) is 35.4 Å². The highest BCUT2D eigenvalue weighted by Gasteiger charge is 2.03. The van der Waals surface area contributed by atoms with Gasteiger partial charge in [0.2, 0.25) is 5.91 Å². The smallest absolute Gasteiger partial charge is 0.220 e. The van der Waals surface area contributed by atoms with Crippen LogP contribution >= 0.6 is 0 Å². The molecular weight excluding hydrogens is 262 g/mol. The van der Waals surface area contributed by atoms with Gasteiger partial charge in [-0.15, -0.1) is 0 Å². The third-order valence-corrected chi connectivity index (χ3v) is 3.30. The number of nitrogens with one attached hydrogen (secondary N) is 1. The van der Waals surface area contributed by atoms with E-state index >= 15 is 0 Å². The van der Waals surface area contributed by atoms with Gasteiger partial charge in [0.15, 0.2) is 0 Å². The van der Waals surface area contributed by atoms with Crippen molar-refractivity contribution in [3.8, 4) is 11.8 Å². The second kappa shape index (κ2) is 10.9. The van der Waals surface area contributed by atoms with E-state index in [1.807, 2.05) is 24.3 Å². The minimum absolute atomic E-state index is 0.0939. The van der Waals surface area contributed by atoms with Crippen molar-refractivity contribution in [3.63, 3.8) is 0 Å². The molecule has 1 aromatic rings. The molecule has 0 saturated carbocycles. The van der Waals surface area contributed by atoms with Gasteiger partial charge in [-0.2, -0.15) is 0 Å². The van der Waals surface area contributed by atoms with Crippen LogP contribution in [-0.4, -0.2) is 17.6 Å². The van der Waals surface area contributed by atoms with Gasteiger partial charge in [0.1, 0.15) is 6.61 Å². The summed E-state index contributed by atoms with van der Waals surface area (Å²) in [7, 11) is 0. The average molecular weight is 287 g/mol. The Labute approximate surface area is 127 Å². The standard InChI is InChI=1S/C18H25NO2/c1-2-3-4-5-6-13-18(21)19-15-17-11-8-7-10-16(17)12-9-14-20/h7-8,10-11,20H,2-6,13-15H2,1H3,(H,19,21). The van der Waals surface area contributed by atoms with Gasteiger partial charge in [0.25, 0.3) is 0 Å². The molecule has 3 nitrogen and oxygen atoms in total. The highest BCUT2D eigenvalue weighted by molar-refractivity contribution is 5.75. The van der Waals surface area contributed by atoms with Gasteiger partial charge >= 0.3 is 0 Å². The number of aliphatic hydroxyl groups excluding tert-OH is 1. The molecule has 1 aromatic carbocycles.